The molecule has 0 radical (unpaired) electrons. The van der Waals surface area contributed by atoms with Gasteiger partial charge in [-0.2, -0.15) is 5.10 Å². The lowest BCUT2D eigenvalue weighted by molar-refractivity contribution is 0.619. The van der Waals surface area contributed by atoms with Gasteiger partial charge in [0.25, 0.3) is 0 Å². The van der Waals surface area contributed by atoms with E-state index >= 15 is 0 Å². The largest absolute Gasteiger partial charge is 0.316 e. The van der Waals surface area contributed by atoms with Crippen LogP contribution in [0.5, 0.6) is 0 Å². The normalized spacial score (nSPS) is 16.5. The van der Waals surface area contributed by atoms with E-state index in [1.165, 1.54) is 24.1 Å². The van der Waals surface area contributed by atoms with E-state index in [2.05, 4.69) is 22.0 Å². The van der Waals surface area contributed by atoms with Crippen molar-refractivity contribution in [2.45, 2.75) is 38.8 Å². The van der Waals surface area contributed by atoms with E-state index in [1.54, 1.807) is 0 Å². The number of nitrogens with one attached hydrogen (secondary N) is 1. The third-order valence-electron chi connectivity index (χ3n) is 2.59. The van der Waals surface area contributed by atoms with Gasteiger partial charge in [0.2, 0.25) is 0 Å². The molecule has 0 amide bonds. The predicted molar refractivity (Wildman–Crippen MR) is 52.6 cm³/mol. The Kier molecular flexibility index (Phi) is 2.36. The van der Waals surface area contributed by atoms with Crippen molar-refractivity contribution in [1.29, 1.82) is 0 Å². The first-order valence-electron chi connectivity index (χ1n) is 5.06. The molecular weight excluding hydrogens is 162 g/mol. The molecule has 13 heavy (non-hydrogen) atoms. The fourth-order valence-electron chi connectivity index (χ4n) is 1.84. The van der Waals surface area contributed by atoms with Gasteiger partial charge in [-0.1, -0.05) is 0 Å². The summed E-state index contributed by atoms with van der Waals surface area (Å²) in [6, 6.07) is 0. The standard InChI is InChI=1S/C10H17N3/c1-3-13-10(8-4-5-8)9(6-11-2)7-12-13/h7-8,11H,3-6H2,1-2H3. The second-order valence-electron chi connectivity index (χ2n) is 3.68. The number of hydrogen-bond acceptors (Lipinski definition) is 2. The van der Waals surface area contributed by atoms with Crippen molar-refractivity contribution < 1.29 is 0 Å². The summed E-state index contributed by atoms with van der Waals surface area (Å²) in [5.41, 5.74) is 2.85. The summed E-state index contributed by atoms with van der Waals surface area (Å²) in [6.45, 7) is 4.10. The van der Waals surface area contributed by atoms with Gasteiger partial charge >= 0.3 is 0 Å². The highest BCUT2D eigenvalue weighted by atomic mass is 15.3. The Labute approximate surface area is 79.1 Å². The molecular formula is C10H17N3. The zero-order chi connectivity index (χ0) is 9.26. The zero-order valence-electron chi connectivity index (χ0n) is 8.38. The molecule has 3 nitrogen and oxygen atoms in total. The first-order chi connectivity index (χ1) is 6.36. The summed E-state index contributed by atoms with van der Waals surface area (Å²) in [6.07, 6.45) is 4.71. The molecule has 1 aliphatic carbocycles. The molecule has 0 aromatic carbocycles. The SMILES string of the molecule is CCn1ncc(CNC)c1C1CC1. The average Bonchev–Trinajstić information content (AvgIpc) is 2.89. The van der Waals surface area contributed by atoms with Crippen LogP contribution in [0.3, 0.4) is 0 Å². The molecule has 0 bridgehead atoms. The Bertz CT molecular complexity index is 286. The van der Waals surface area contributed by atoms with E-state index in [0.717, 1.165) is 19.0 Å². The van der Waals surface area contributed by atoms with E-state index in [4.69, 9.17) is 0 Å². The number of aryl methyl sites for hydroxylation is 1. The molecule has 0 spiro atoms. The average molecular weight is 179 g/mol. The van der Waals surface area contributed by atoms with Crippen LogP contribution in [-0.4, -0.2) is 16.8 Å². The van der Waals surface area contributed by atoms with Gasteiger partial charge < -0.3 is 5.32 Å². The Morgan fingerprint density at radius 3 is 2.92 bits per heavy atom. The number of hydrogen-bond donors (Lipinski definition) is 1. The molecule has 1 fully saturated rings. The van der Waals surface area contributed by atoms with Crippen LogP contribution in [-0.2, 0) is 13.1 Å². The van der Waals surface area contributed by atoms with Crippen molar-refractivity contribution in [2.24, 2.45) is 0 Å². The third-order valence-corrected chi connectivity index (χ3v) is 2.59. The predicted octanol–water partition coefficient (Wildman–Crippen LogP) is 1.50. The lowest BCUT2D eigenvalue weighted by Gasteiger charge is -2.05. The molecule has 0 atom stereocenters. The quantitative estimate of drug-likeness (QED) is 0.759. The van der Waals surface area contributed by atoms with E-state index < -0.39 is 0 Å². The molecule has 1 aliphatic rings. The molecule has 2 rings (SSSR count). The van der Waals surface area contributed by atoms with Gasteiger partial charge in [-0.25, -0.2) is 0 Å². The zero-order valence-corrected chi connectivity index (χ0v) is 8.38. The van der Waals surface area contributed by atoms with Crippen LogP contribution in [0.2, 0.25) is 0 Å². The molecule has 1 N–H and O–H groups in total. The molecule has 1 aromatic rings. The van der Waals surface area contributed by atoms with Gasteiger partial charge in [0.15, 0.2) is 0 Å². The minimum atomic E-state index is 0.797. The molecule has 0 unspecified atom stereocenters. The van der Waals surface area contributed by atoms with Crippen LogP contribution < -0.4 is 5.32 Å². The van der Waals surface area contributed by atoms with E-state index in [1.807, 2.05) is 13.2 Å². The van der Waals surface area contributed by atoms with Gasteiger partial charge in [0.05, 0.1) is 6.20 Å². The number of nitrogens with zero attached hydrogens (tertiary/aromatic N) is 2. The maximum Gasteiger partial charge on any atom is 0.0537 e. The van der Waals surface area contributed by atoms with Crippen molar-refractivity contribution in [3.8, 4) is 0 Å². The Morgan fingerprint density at radius 1 is 1.62 bits per heavy atom. The fraction of sp³-hybridized carbons (Fsp3) is 0.700. The fourth-order valence-corrected chi connectivity index (χ4v) is 1.84. The van der Waals surface area contributed by atoms with Crippen LogP contribution in [0.15, 0.2) is 6.20 Å². The number of aromatic nitrogens is 2. The van der Waals surface area contributed by atoms with Crippen LogP contribution in [0.1, 0.15) is 36.9 Å². The summed E-state index contributed by atoms with van der Waals surface area (Å²) in [5, 5.41) is 7.58. The number of rotatable bonds is 4. The molecule has 1 aromatic heterocycles. The highest BCUT2D eigenvalue weighted by Crippen LogP contribution is 2.41. The lowest BCUT2D eigenvalue weighted by Crippen LogP contribution is -2.08. The van der Waals surface area contributed by atoms with Crippen molar-refractivity contribution >= 4 is 0 Å². The van der Waals surface area contributed by atoms with Crippen LogP contribution in [0.25, 0.3) is 0 Å². The summed E-state index contributed by atoms with van der Waals surface area (Å²) < 4.78 is 2.14. The third kappa shape index (κ3) is 1.61. The lowest BCUT2D eigenvalue weighted by atomic mass is 10.2. The van der Waals surface area contributed by atoms with Gasteiger partial charge in [-0.3, -0.25) is 4.68 Å². The molecule has 72 valence electrons. The summed E-state index contributed by atoms with van der Waals surface area (Å²) in [4.78, 5) is 0. The van der Waals surface area contributed by atoms with Crippen molar-refractivity contribution in [2.75, 3.05) is 7.05 Å². The molecule has 0 aliphatic heterocycles. The minimum Gasteiger partial charge on any atom is -0.316 e. The highest BCUT2D eigenvalue weighted by Gasteiger charge is 2.29. The van der Waals surface area contributed by atoms with Gasteiger partial charge in [-0.15, -0.1) is 0 Å². The van der Waals surface area contributed by atoms with Gasteiger partial charge in [0.1, 0.15) is 0 Å². The summed E-state index contributed by atoms with van der Waals surface area (Å²) in [7, 11) is 1.99. The van der Waals surface area contributed by atoms with Crippen LogP contribution in [0.4, 0.5) is 0 Å². The Hall–Kier alpha value is -0.830. The first-order valence-corrected chi connectivity index (χ1v) is 5.06. The topological polar surface area (TPSA) is 29.9 Å². The monoisotopic (exact) mass is 179 g/mol. The van der Waals surface area contributed by atoms with Crippen LogP contribution in [0, 0.1) is 0 Å². The minimum absolute atomic E-state index is 0.797. The molecule has 0 saturated heterocycles. The van der Waals surface area contributed by atoms with E-state index in [9.17, 15) is 0 Å². The van der Waals surface area contributed by atoms with Gasteiger partial charge in [0, 0.05) is 30.3 Å². The first kappa shape index (κ1) is 8.75. The second-order valence-corrected chi connectivity index (χ2v) is 3.68. The van der Waals surface area contributed by atoms with Crippen LogP contribution >= 0.6 is 0 Å². The maximum absolute atomic E-state index is 4.39. The van der Waals surface area contributed by atoms with Crippen molar-refractivity contribution in [3.63, 3.8) is 0 Å². The van der Waals surface area contributed by atoms with E-state index in [0.29, 0.717) is 0 Å². The molecule has 1 heterocycles. The Balaban J connectivity index is 2.27. The van der Waals surface area contributed by atoms with Gasteiger partial charge in [-0.05, 0) is 26.8 Å². The summed E-state index contributed by atoms with van der Waals surface area (Å²) >= 11 is 0. The van der Waals surface area contributed by atoms with Crippen molar-refractivity contribution in [1.82, 2.24) is 15.1 Å². The molecule has 1 saturated carbocycles. The van der Waals surface area contributed by atoms with E-state index in [-0.39, 0.29) is 0 Å². The smallest absolute Gasteiger partial charge is 0.0537 e. The Morgan fingerprint density at radius 2 is 2.38 bits per heavy atom. The molecule has 3 heteroatoms. The highest BCUT2D eigenvalue weighted by molar-refractivity contribution is 5.25. The second kappa shape index (κ2) is 3.50. The van der Waals surface area contributed by atoms with Crippen molar-refractivity contribution in [3.05, 3.63) is 17.5 Å². The maximum atomic E-state index is 4.39. The summed E-state index contributed by atoms with van der Waals surface area (Å²) in [5.74, 6) is 0.797.